The highest BCUT2D eigenvalue weighted by Crippen LogP contribution is 2.23. The molecule has 0 aliphatic heterocycles. The van der Waals surface area contributed by atoms with E-state index in [1.54, 1.807) is 0 Å². The molecule has 1 aromatic heterocycles. The van der Waals surface area contributed by atoms with Gasteiger partial charge in [-0.25, -0.2) is 13.8 Å². The number of pyridine rings is 1. The van der Waals surface area contributed by atoms with Gasteiger partial charge in [0.1, 0.15) is 28.7 Å². The van der Waals surface area contributed by atoms with Gasteiger partial charge < -0.3 is 10.6 Å². The Balaban J connectivity index is 1.82. The first-order valence-corrected chi connectivity index (χ1v) is 8.88. The van der Waals surface area contributed by atoms with Gasteiger partial charge in [0.05, 0.1) is 0 Å². The number of hydrogen-bond acceptors (Lipinski definition) is 3. The SMILES string of the molecule is Cc1cc(C)c(NC(=O)c2cccc(C(=O)Nc3c(F)cccc3F)n2)c(C)c1. The Bertz CT molecular complexity index is 1070. The average molecular weight is 395 g/mol. The highest BCUT2D eigenvalue weighted by molar-refractivity contribution is 6.06. The molecule has 0 unspecified atom stereocenters. The van der Waals surface area contributed by atoms with Crippen LogP contribution in [-0.4, -0.2) is 16.8 Å². The van der Waals surface area contributed by atoms with Gasteiger partial charge in [-0.1, -0.05) is 29.8 Å². The van der Waals surface area contributed by atoms with E-state index in [-0.39, 0.29) is 11.4 Å². The summed E-state index contributed by atoms with van der Waals surface area (Å²) in [6.45, 7) is 5.74. The average Bonchev–Trinajstić information content (AvgIpc) is 2.67. The van der Waals surface area contributed by atoms with Gasteiger partial charge in [-0.15, -0.1) is 0 Å². The summed E-state index contributed by atoms with van der Waals surface area (Å²) in [5, 5.41) is 4.95. The van der Waals surface area contributed by atoms with E-state index in [0.29, 0.717) is 5.69 Å². The molecule has 0 atom stereocenters. The van der Waals surface area contributed by atoms with E-state index in [0.717, 1.165) is 28.8 Å². The molecule has 2 N–H and O–H groups in total. The molecule has 0 radical (unpaired) electrons. The lowest BCUT2D eigenvalue weighted by molar-refractivity contribution is 0.101. The van der Waals surface area contributed by atoms with Crippen molar-refractivity contribution in [1.29, 1.82) is 0 Å². The Morgan fingerprint density at radius 1 is 0.759 bits per heavy atom. The quantitative estimate of drug-likeness (QED) is 0.667. The van der Waals surface area contributed by atoms with Gasteiger partial charge in [0.25, 0.3) is 11.8 Å². The van der Waals surface area contributed by atoms with Crippen molar-refractivity contribution < 1.29 is 18.4 Å². The lowest BCUT2D eigenvalue weighted by Gasteiger charge is -2.13. The summed E-state index contributed by atoms with van der Waals surface area (Å²) in [5.41, 5.74) is 2.85. The number of benzene rings is 2. The number of aromatic nitrogens is 1. The van der Waals surface area contributed by atoms with Crippen LogP contribution in [0, 0.1) is 32.4 Å². The highest BCUT2D eigenvalue weighted by Gasteiger charge is 2.17. The summed E-state index contributed by atoms with van der Waals surface area (Å²) >= 11 is 0. The van der Waals surface area contributed by atoms with E-state index in [2.05, 4.69) is 15.6 Å². The fourth-order valence-corrected chi connectivity index (χ4v) is 3.04. The lowest BCUT2D eigenvalue weighted by atomic mass is 10.0. The molecule has 0 aliphatic rings. The normalized spacial score (nSPS) is 10.5. The van der Waals surface area contributed by atoms with Gasteiger partial charge in [-0.3, -0.25) is 9.59 Å². The first-order valence-electron chi connectivity index (χ1n) is 8.88. The van der Waals surface area contributed by atoms with Crippen LogP contribution in [0.15, 0.2) is 48.5 Å². The third kappa shape index (κ3) is 4.45. The number of amides is 2. The second-order valence-corrected chi connectivity index (χ2v) is 6.69. The van der Waals surface area contributed by atoms with Crippen molar-refractivity contribution in [3.05, 3.63) is 88.2 Å². The molecule has 3 rings (SSSR count). The zero-order chi connectivity index (χ0) is 21.1. The van der Waals surface area contributed by atoms with Gasteiger partial charge in [-0.2, -0.15) is 0 Å². The molecule has 148 valence electrons. The Kier molecular flexibility index (Phi) is 5.68. The van der Waals surface area contributed by atoms with Crippen molar-refractivity contribution in [3.63, 3.8) is 0 Å². The maximum Gasteiger partial charge on any atom is 0.274 e. The van der Waals surface area contributed by atoms with Crippen LogP contribution in [0.5, 0.6) is 0 Å². The summed E-state index contributed by atoms with van der Waals surface area (Å²) in [6, 6.07) is 11.4. The number of aryl methyl sites for hydroxylation is 3. The van der Waals surface area contributed by atoms with E-state index in [1.165, 1.54) is 24.3 Å². The molecule has 0 spiro atoms. The summed E-state index contributed by atoms with van der Waals surface area (Å²) in [7, 11) is 0. The molecule has 2 amide bonds. The van der Waals surface area contributed by atoms with Crippen LogP contribution < -0.4 is 10.6 Å². The minimum Gasteiger partial charge on any atom is -0.320 e. The summed E-state index contributed by atoms with van der Waals surface area (Å²) in [5.74, 6) is -3.13. The molecule has 2 aromatic carbocycles. The summed E-state index contributed by atoms with van der Waals surface area (Å²) < 4.78 is 27.5. The van der Waals surface area contributed by atoms with Crippen molar-refractivity contribution in [2.24, 2.45) is 0 Å². The van der Waals surface area contributed by atoms with Crippen LogP contribution in [0.1, 0.15) is 37.7 Å². The maximum absolute atomic E-state index is 13.7. The molecular weight excluding hydrogens is 376 g/mol. The molecule has 0 saturated heterocycles. The number of carbonyl (C=O) groups excluding carboxylic acids is 2. The number of nitrogens with zero attached hydrogens (tertiary/aromatic N) is 1. The third-order valence-electron chi connectivity index (χ3n) is 4.33. The number of rotatable bonds is 4. The molecule has 0 aliphatic carbocycles. The molecule has 0 bridgehead atoms. The molecule has 0 saturated carbocycles. The number of halogens is 2. The Labute approximate surface area is 166 Å². The van der Waals surface area contributed by atoms with Crippen molar-refractivity contribution in [3.8, 4) is 0 Å². The van der Waals surface area contributed by atoms with Gasteiger partial charge >= 0.3 is 0 Å². The van der Waals surface area contributed by atoms with Crippen molar-refractivity contribution >= 4 is 23.2 Å². The van der Waals surface area contributed by atoms with Crippen LogP contribution in [0.4, 0.5) is 20.2 Å². The van der Waals surface area contributed by atoms with E-state index in [9.17, 15) is 18.4 Å². The zero-order valence-electron chi connectivity index (χ0n) is 16.1. The van der Waals surface area contributed by atoms with Crippen molar-refractivity contribution in [2.75, 3.05) is 10.6 Å². The van der Waals surface area contributed by atoms with Gasteiger partial charge in [0.2, 0.25) is 0 Å². The Hall–Kier alpha value is -3.61. The maximum atomic E-state index is 13.7. The smallest absolute Gasteiger partial charge is 0.274 e. The van der Waals surface area contributed by atoms with E-state index < -0.39 is 29.1 Å². The predicted molar refractivity (Wildman–Crippen MR) is 107 cm³/mol. The molecule has 0 fully saturated rings. The number of nitrogens with one attached hydrogen (secondary N) is 2. The molecule has 29 heavy (non-hydrogen) atoms. The summed E-state index contributed by atoms with van der Waals surface area (Å²) in [4.78, 5) is 29.0. The van der Waals surface area contributed by atoms with Crippen LogP contribution in [0.2, 0.25) is 0 Å². The molecular formula is C22H19F2N3O2. The van der Waals surface area contributed by atoms with Crippen molar-refractivity contribution in [2.45, 2.75) is 20.8 Å². The number of para-hydroxylation sites is 1. The third-order valence-corrected chi connectivity index (χ3v) is 4.33. The minimum atomic E-state index is -0.905. The number of hydrogen-bond donors (Lipinski definition) is 2. The van der Waals surface area contributed by atoms with Gasteiger partial charge in [0, 0.05) is 5.69 Å². The molecule has 7 heteroatoms. The second kappa shape index (κ2) is 8.18. The van der Waals surface area contributed by atoms with E-state index in [4.69, 9.17) is 0 Å². The first-order chi connectivity index (χ1) is 13.8. The summed E-state index contributed by atoms with van der Waals surface area (Å²) in [6.07, 6.45) is 0. The van der Waals surface area contributed by atoms with Crippen molar-refractivity contribution in [1.82, 2.24) is 4.98 Å². The Morgan fingerprint density at radius 2 is 1.21 bits per heavy atom. The fraction of sp³-hybridized carbons (Fsp3) is 0.136. The minimum absolute atomic E-state index is 0.00558. The van der Waals surface area contributed by atoms with Crippen LogP contribution in [0.25, 0.3) is 0 Å². The van der Waals surface area contributed by atoms with Gasteiger partial charge in [0.15, 0.2) is 0 Å². The standard InChI is InChI=1S/C22H19F2N3O2/c1-12-10-13(2)19(14(3)11-12)26-21(28)17-8-5-9-18(25-17)22(29)27-20-15(23)6-4-7-16(20)24/h4-11H,1-3H3,(H,26,28)(H,27,29). The van der Waals surface area contributed by atoms with Crippen LogP contribution in [-0.2, 0) is 0 Å². The van der Waals surface area contributed by atoms with E-state index >= 15 is 0 Å². The number of carbonyl (C=O) groups is 2. The second-order valence-electron chi connectivity index (χ2n) is 6.69. The first kappa shape index (κ1) is 20.1. The van der Waals surface area contributed by atoms with Crippen LogP contribution >= 0.6 is 0 Å². The fourth-order valence-electron chi connectivity index (χ4n) is 3.04. The Morgan fingerprint density at radius 3 is 1.72 bits per heavy atom. The predicted octanol–water partition coefficient (Wildman–Crippen LogP) is 4.79. The highest BCUT2D eigenvalue weighted by atomic mass is 19.1. The largest absolute Gasteiger partial charge is 0.320 e. The topological polar surface area (TPSA) is 71.1 Å². The van der Waals surface area contributed by atoms with Gasteiger partial charge in [-0.05, 0) is 56.2 Å². The molecule has 5 nitrogen and oxygen atoms in total. The molecule has 3 aromatic rings. The lowest BCUT2D eigenvalue weighted by Crippen LogP contribution is -2.20. The number of anilines is 2. The molecule has 1 heterocycles. The monoisotopic (exact) mass is 395 g/mol. The van der Waals surface area contributed by atoms with Crippen LogP contribution in [0.3, 0.4) is 0 Å². The zero-order valence-corrected chi connectivity index (χ0v) is 16.1. The van der Waals surface area contributed by atoms with E-state index in [1.807, 2.05) is 32.9 Å².